The number of aliphatic imine (C=N–C) groups is 1. The van der Waals surface area contributed by atoms with Crippen LogP contribution in [0.3, 0.4) is 0 Å². The summed E-state index contributed by atoms with van der Waals surface area (Å²) in [6.45, 7) is 21.2. The van der Waals surface area contributed by atoms with Crippen molar-refractivity contribution in [2.45, 2.75) is 80.8 Å². The van der Waals surface area contributed by atoms with E-state index < -0.39 is 10.0 Å². The van der Waals surface area contributed by atoms with E-state index in [-0.39, 0.29) is 34.1 Å². The maximum atomic E-state index is 12.7. The second kappa shape index (κ2) is 8.21. The maximum Gasteiger partial charge on any atom is 0.213 e. The van der Waals surface area contributed by atoms with Crippen molar-refractivity contribution in [3.63, 3.8) is 0 Å². The van der Waals surface area contributed by atoms with Gasteiger partial charge in [0, 0.05) is 36.7 Å². The van der Waals surface area contributed by atoms with Crippen molar-refractivity contribution in [1.82, 2.24) is 14.5 Å². The second-order valence-corrected chi connectivity index (χ2v) is 14.2. The molecule has 30 heavy (non-hydrogen) atoms. The molecule has 2 unspecified atom stereocenters. The number of sulfonamides is 1. The minimum absolute atomic E-state index is 0.0124. The van der Waals surface area contributed by atoms with E-state index in [9.17, 15) is 8.42 Å². The van der Waals surface area contributed by atoms with Gasteiger partial charge in [-0.15, -0.1) is 0 Å². The summed E-state index contributed by atoms with van der Waals surface area (Å²) in [5.41, 5.74) is 2.44. The molecule has 0 amide bonds. The van der Waals surface area contributed by atoms with Crippen LogP contribution in [0.25, 0.3) is 0 Å². The summed E-state index contributed by atoms with van der Waals surface area (Å²) >= 11 is 0. The molecule has 0 bridgehead atoms. The van der Waals surface area contributed by atoms with Gasteiger partial charge in [0.2, 0.25) is 10.0 Å². The highest BCUT2D eigenvalue weighted by molar-refractivity contribution is 7.89. The van der Waals surface area contributed by atoms with Crippen LogP contribution in [0.15, 0.2) is 16.3 Å². The third-order valence-electron chi connectivity index (χ3n) is 5.71. The van der Waals surface area contributed by atoms with Crippen molar-refractivity contribution >= 4 is 15.9 Å². The summed E-state index contributed by atoms with van der Waals surface area (Å²) in [6, 6.07) is -0.0437. The van der Waals surface area contributed by atoms with E-state index in [0.29, 0.717) is 13.1 Å². The van der Waals surface area contributed by atoms with E-state index in [0.717, 1.165) is 12.3 Å². The van der Waals surface area contributed by atoms with E-state index in [4.69, 9.17) is 4.99 Å². The number of hydrogen-bond acceptors (Lipinski definition) is 5. The molecule has 1 fully saturated rings. The van der Waals surface area contributed by atoms with Crippen molar-refractivity contribution in [3.05, 3.63) is 11.3 Å². The molecule has 1 N–H and O–H groups in total. The van der Waals surface area contributed by atoms with E-state index in [1.54, 1.807) is 0 Å². The van der Waals surface area contributed by atoms with Gasteiger partial charge < -0.3 is 9.80 Å². The molecule has 0 spiro atoms. The van der Waals surface area contributed by atoms with Gasteiger partial charge in [0.05, 0.1) is 11.8 Å². The minimum atomic E-state index is -3.33. The quantitative estimate of drug-likeness (QED) is 0.708. The largest absolute Gasteiger partial charge is 0.332 e. The van der Waals surface area contributed by atoms with E-state index in [1.165, 1.54) is 11.3 Å². The number of fused-ring (bicyclic) bond motifs is 1. The number of nitrogens with one attached hydrogen (secondary N) is 1. The summed E-state index contributed by atoms with van der Waals surface area (Å²) in [5, 5.41) is 0. The number of nitrogens with zero attached hydrogens (tertiary/aromatic N) is 3. The summed E-state index contributed by atoms with van der Waals surface area (Å²) in [6.07, 6.45) is 0.718. The molecule has 174 valence electrons. The first-order chi connectivity index (χ1) is 13.3. The van der Waals surface area contributed by atoms with Gasteiger partial charge in [0.25, 0.3) is 0 Å². The molecule has 2 aliphatic rings. The lowest BCUT2D eigenvalue weighted by molar-refractivity contribution is 0.285. The Morgan fingerprint density at radius 1 is 1.03 bits per heavy atom. The Kier molecular flexibility index (Phi) is 6.94. The molecule has 0 aliphatic carbocycles. The van der Waals surface area contributed by atoms with Crippen LogP contribution >= 0.6 is 0 Å². The van der Waals surface area contributed by atoms with Crippen LogP contribution in [0, 0.1) is 16.2 Å². The van der Waals surface area contributed by atoms with Crippen molar-refractivity contribution in [2.75, 3.05) is 32.9 Å². The van der Waals surface area contributed by atoms with Gasteiger partial charge in [0.1, 0.15) is 5.84 Å². The average molecular weight is 441 g/mol. The third kappa shape index (κ3) is 5.86. The van der Waals surface area contributed by atoms with Crippen LogP contribution in [-0.2, 0) is 10.0 Å². The standard InChI is InChI=1S/C23H44N4O2S/c1-21(2,3)18-17-14-16(25-30(28,29)13-12-26(10)11)15-27(17)20(23(7,8)9)24-19(18)22(4,5)6/h16,19,25H,12-15H2,1-11H3. The van der Waals surface area contributed by atoms with Gasteiger partial charge in [-0.1, -0.05) is 62.3 Å². The Hall–Kier alpha value is -0.920. The smallest absolute Gasteiger partial charge is 0.213 e. The molecule has 2 atom stereocenters. The van der Waals surface area contributed by atoms with Crippen molar-refractivity contribution < 1.29 is 8.42 Å². The van der Waals surface area contributed by atoms with Gasteiger partial charge in [0.15, 0.2) is 0 Å². The van der Waals surface area contributed by atoms with Gasteiger partial charge in [-0.2, -0.15) is 0 Å². The Morgan fingerprint density at radius 2 is 1.60 bits per heavy atom. The highest BCUT2D eigenvalue weighted by atomic mass is 32.2. The number of amidine groups is 1. The number of rotatable bonds is 5. The monoisotopic (exact) mass is 440 g/mol. The Morgan fingerprint density at radius 3 is 2.03 bits per heavy atom. The molecule has 0 radical (unpaired) electrons. The summed E-state index contributed by atoms with van der Waals surface area (Å²) in [5.74, 6) is 1.19. The molecule has 2 aliphatic heterocycles. The third-order valence-corrected chi connectivity index (χ3v) is 7.13. The fraction of sp³-hybridized carbons (Fsp3) is 0.870. The molecular weight excluding hydrogens is 396 g/mol. The Balaban J connectivity index is 2.48. The number of hydrogen-bond donors (Lipinski definition) is 1. The molecule has 7 heteroatoms. The molecule has 0 saturated carbocycles. The first kappa shape index (κ1) is 25.3. The van der Waals surface area contributed by atoms with Crippen molar-refractivity contribution in [3.8, 4) is 0 Å². The normalized spacial score (nSPS) is 23.9. The maximum absolute atomic E-state index is 12.7. The summed E-state index contributed by atoms with van der Waals surface area (Å²) in [7, 11) is 0.455. The van der Waals surface area contributed by atoms with Gasteiger partial charge in [-0.25, -0.2) is 13.1 Å². The molecule has 0 aromatic rings. The molecule has 0 aromatic heterocycles. The lowest BCUT2D eigenvalue weighted by Crippen LogP contribution is -2.47. The minimum Gasteiger partial charge on any atom is -0.332 e. The highest BCUT2D eigenvalue weighted by Gasteiger charge is 2.46. The molecule has 2 rings (SSSR count). The SMILES string of the molecule is CN(C)CCS(=O)(=O)NC1CC2=C(C(C)(C)C)C(C(C)(C)C)N=C(C(C)(C)C)N2C1. The summed E-state index contributed by atoms with van der Waals surface area (Å²) in [4.78, 5) is 9.51. The van der Waals surface area contributed by atoms with Crippen molar-refractivity contribution in [1.29, 1.82) is 0 Å². The highest BCUT2D eigenvalue weighted by Crippen LogP contribution is 2.47. The molecular formula is C23H44N4O2S. The zero-order valence-corrected chi connectivity index (χ0v) is 21.9. The first-order valence-electron chi connectivity index (χ1n) is 11.1. The molecule has 6 nitrogen and oxygen atoms in total. The zero-order valence-electron chi connectivity index (χ0n) is 21.0. The van der Waals surface area contributed by atoms with E-state index in [2.05, 4.69) is 71.9 Å². The molecule has 1 saturated heterocycles. The van der Waals surface area contributed by atoms with Gasteiger partial charge in [-0.05, 0) is 30.5 Å². The predicted molar refractivity (Wildman–Crippen MR) is 127 cm³/mol. The Labute approximate surface area is 185 Å². The van der Waals surface area contributed by atoms with Crippen LogP contribution in [0.4, 0.5) is 0 Å². The fourth-order valence-electron chi connectivity index (χ4n) is 4.39. The molecule has 2 heterocycles. The zero-order chi connectivity index (χ0) is 23.3. The average Bonchev–Trinajstić information content (AvgIpc) is 2.90. The van der Waals surface area contributed by atoms with Crippen LogP contribution in [-0.4, -0.2) is 69.1 Å². The van der Waals surface area contributed by atoms with Gasteiger partial charge >= 0.3 is 0 Å². The first-order valence-corrected chi connectivity index (χ1v) is 12.7. The van der Waals surface area contributed by atoms with Crippen LogP contribution in [0.1, 0.15) is 68.7 Å². The van der Waals surface area contributed by atoms with E-state index >= 15 is 0 Å². The second-order valence-electron chi connectivity index (χ2n) is 12.3. The van der Waals surface area contributed by atoms with Crippen LogP contribution in [0.2, 0.25) is 0 Å². The lowest BCUT2D eigenvalue weighted by atomic mass is 9.70. The van der Waals surface area contributed by atoms with Crippen LogP contribution < -0.4 is 4.72 Å². The van der Waals surface area contributed by atoms with Gasteiger partial charge in [-0.3, -0.25) is 4.99 Å². The van der Waals surface area contributed by atoms with Crippen LogP contribution in [0.5, 0.6) is 0 Å². The van der Waals surface area contributed by atoms with E-state index in [1.807, 2.05) is 19.0 Å². The summed E-state index contributed by atoms with van der Waals surface area (Å²) < 4.78 is 28.3. The van der Waals surface area contributed by atoms with Crippen molar-refractivity contribution in [2.24, 2.45) is 21.2 Å². The molecule has 0 aromatic carbocycles. The topological polar surface area (TPSA) is 65.0 Å². The fourth-order valence-corrected chi connectivity index (χ4v) is 5.77. The predicted octanol–water partition coefficient (Wildman–Crippen LogP) is 3.71. The Bertz CT molecular complexity index is 806. The lowest BCUT2D eigenvalue weighted by Gasteiger charge is -2.45.